The van der Waals surface area contributed by atoms with Gasteiger partial charge in [-0.3, -0.25) is 4.79 Å². The zero-order valence-electron chi connectivity index (χ0n) is 11.1. The summed E-state index contributed by atoms with van der Waals surface area (Å²) in [7, 11) is 0. The van der Waals surface area contributed by atoms with E-state index in [1.54, 1.807) is 23.5 Å². The molecule has 0 saturated carbocycles. The molecular weight excluding hydrogens is 290 g/mol. The molecule has 1 aliphatic heterocycles. The van der Waals surface area contributed by atoms with Crippen LogP contribution in [-0.2, 0) is 13.1 Å². The van der Waals surface area contributed by atoms with Crippen LogP contribution >= 0.6 is 11.6 Å². The Hall–Kier alpha value is -2.34. The van der Waals surface area contributed by atoms with Gasteiger partial charge in [0.25, 0.3) is 5.91 Å². The van der Waals surface area contributed by atoms with Crippen molar-refractivity contribution < 1.29 is 4.79 Å². The molecule has 3 aromatic rings. The smallest absolute Gasteiger partial charge is 0.290 e. The van der Waals surface area contributed by atoms with Crippen molar-refractivity contribution in [3.8, 4) is 0 Å². The van der Waals surface area contributed by atoms with E-state index < -0.39 is 0 Å². The average Bonchev–Trinajstić information content (AvgIpc) is 3.12. The van der Waals surface area contributed by atoms with Gasteiger partial charge in [0, 0.05) is 19.3 Å². The van der Waals surface area contributed by atoms with E-state index in [1.807, 2.05) is 12.1 Å². The van der Waals surface area contributed by atoms with Gasteiger partial charge in [-0.25, -0.2) is 9.97 Å². The Morgan fingerprint density at radius 3 is 3.10 bits per heavy atom. The fourth-order valence-electron chi connectivity index (χ4n) is 2.61. The molecule has 4 rings (SSSR count). The summed E-state index contributed by atoms with van der Waals surface area (Å²) >= 11 is 6.09. The normalized spacial score (nSPS) is 14.4. The second kappa shape index (κ2) is 4.60. The van der Waals surface area contributed by atoms with Gasteiger partial charge < -0.3 is 14.5 Å². The summed E-state index contributed by atoms with van der Waals surface area (Å²) in [6, 6.07) is 5.45. The molecule has 0 radical (unpaired) electrons. The van der Waals surface area contributed by atoms with Crippen LogP contribution in [0.1, 0.15) is 16.3 Å². The fraction of sp³-hybridized carbons (Fsp3) is 0.214. The van der Waals surface area contributed by atoms with E-state index >= 15 is 0 Å². The minimum Gasteiger partial charge on any atom is -0.334 e. The zero-order chi connectivity index (χ0) is 14.4. The van der Waals surface area contributed by atoms with Crippen molar-refractivity contribution in [2.24, 2.45) is 0 Å². The molecule has 1 N–H and O–H groups in total. The van der Waals surface area contributed by atoms with Gasteiger partial charge in [-0.05, 0) is 12.1 Å². The first-order valence-electron chi connectivity index (χ1n) is 6.65. The van der Waals surface area contributed by atoms with Crippen molar-refractivity contribution in [3.05, 3.63) is 47.3 Å². The molecule has 1 amide bonds. The van der Waals surface area contributed by atoms with Crippen molar-refractivity contribution in [2.45, 2.75) is 13.1 Å². The fourth-order valence-corrected chi connectivity index (χ4v) is 2.82. The van der Waals surface area contributed by atoms with Crippen LogP contribution in [0.2, 0.25) is 5.02 Å². The molecule has 0 fully saturated rings. The van der Waals surface area contributed by atoms with Crippen molar-refractivity contribution in [2.75, 3.05) is 6.54 Å². The summed E-state index contributed by atoms with van der Waals surface area (Å²) in [6.45, 7) is 1.94. The Morgan fingerprint density at radius 1 is 1.33 bits per heavy atom. The Morgan fingerprint density at radius 2 is 2.24 bits per heavy atom. The van der Waals surface area contributed by atoms with Crippen LogP contribution in [0.15, 0.2) is 30.7 Å². The number of halogens is 1. The lowest BCUT2D eigenvalue weighted by Crippen LogP contribution is -2.38. The monoisotopic (exact) mass is 301 g/mol. The molecule has 2 aromatic heterocycles. The second-order valence-corrected chi connectivity index (χ2v) is 5.43. The standard InChI is InChI=1S/C14H12ClN5O/c15-10-2-1-3-11-12(10)18-13(17-11)14(21)19-4-5-20-8-16-6-9(20)7-19/h1-3,6,8H,4-5,7H2,(H,17,18). The molecule has 0 bridgehead atoms. The van der Waals surface area contributed by atoms with Gasteiger partial charge in [-0.1, -0.05) is 17.7 Å². The predicted octanol–water partition coefficient (Wildman–Crippen LogP) is 2.07. The SMILES string of the molecule is O=C(c1nc2c(Cl)cccc2[nH]1)N1CCn2cncc2C1. The van der Waals surface area contributed by atoms with Crippen molar-refractivity contribution in [1.29, 1.82) is 0 Å². The molecule has 6 nitrogen and oxygen atoms in total. The van der Waals surface area contributed by atoms with Crippen LogP contribution in [-0.4, -0.2) is 36.9 Å². The first-order valence-corrected chi connectivity index (χ1v) is 7.03. The minimum atomic E-state index is -0.116. The number of hydrogen-bond acceptors (Lipinski definition) is 3. The third kappa shape index (κ3) is 1.99. The van der Waals surface area contributed by atoms with Crippen LogP contribution in [0.5, 0.6) is 0 Å². The van der Waals surface area contributed by atoms with Crippen LogP contribution in [0, 0.1) is 0 Å². The van der Waals surface area contributed by atoms with Gasteiger partial charge >= 0.3 is 0 Å². The first-order chi connectivity index (χ1) is 10.2. The highest BCUT2D eigenvalue weighted by Gasteiger charge is 2.24. The molecule has 1 aromatic carbocycles. The van der Waals surface area contributed by atoms with E-state index in [0.717, 1.165) is 17.8 Å². The van der Waals surface area contributed by atoms with Gasteiger partial charge in [0.1, 0.15) is 5.52 Å². The number of benzene rings is 1. The largest absolute Gasteiger partial charge is 0.334 e. The third-order valence-corrected chi connectivity index (χ3v) is 4.02. The number of hydrogen-bond donors (Lipinski definition) is 1. The number of carbonyl (C=O) groups excluding carboxylic acids is 1. The number of imidazole rings is 2. The lowest BCUT2D eigenvalue weighted by Gasteiger charge is -2.27. The highest BCUT2D eigenvalue weighted by Crippen LogP contribution is 2.22. The molecule has 0 aliphatic carbocycles. The third-order valence-electron chi connectivity index (χ3n) is 3.72. The molecule has 0 atom stereocenters. The van der Waals surface area contributed by atoms with E-state index in [0.29, 0.717) is 29.5 Å². The van der Waals surface area contributed by atoms with Gasteiger partial charge in [0.2, 0.25) is 0 Å². The van der Waals surface area contributed by atoms with Crippen LogP contribution < -0.4 is 0 Å². The number of nitrogens with zero attached hydrogens (tertiary/aromatic N) is 4. The zero-order valence-corrected chi connectivity index (χ0v) is 11.8. The van der Waals surface area contributed by atoms with E-state index in [9.17, 15) is 4.79 Å². The number of H-pyrrole nitrogens is 1. The molecule has 1 aliphatic rings. The lowest BCUT2D eigenvalue weighted by molar-refractivity contribution is 0.0700. The number of aromatic nitrogens is 4. The summed E-state index contributed by atoms with van der Waals surface area (Å²) < 4.78 is 2.05. The molecule has 0 unspecified atom stereocenters. The maximum atomic E-state index is 12.6. The molecule has 21 heavy (non-hydrogen) atoms. The molecule has 0 saturated heterocycles. The highest BCUT2D eigenvalue weighted by molar-refractivity contribution is 6.35. The summed E-state index contributed by atoms with van der Waals surface area (Å²) in [5.41, 5.74) is 2.43. The van der Waals surface area contributed by atoms with Gasteiger partial charge in [-0.2, -0.15) is 0 Å². The van der Waals surface area contributed by atoms with Gasteiger partial charge in [0.15, 0.2) is 5.82 Å². The quantitative estimate of drug-likeness (QED) is 0.748. The van der Waals surface area contributed by atoms with Gasteiger partial charge in [0.05, 0.1) is 29.1 Å². The summed E-state index contributed by atoms with van der Waals surface area (Å²) in [5.74, 6) is 0.209. The van der Waals surface area contributed by atoms with Crippen LogP contribution in [0.4, 0.5) is 0 Å². The predicted molar refractivity (Wildman–Crippen MR) is 78.1 cm³/mol. The summed E-state index contributed by atoms with van der Waals surface area (Å²) in [5, 5.41) is 0.541. The topological polar surface area (TPSA) is 66.8 Å². The number of rotatable bonds is 1. The minimum absolute atomic E-state index is 0.116. The number of nitrogens with one attached hydrogen (secondary N) is 1. The Labute approximate surface area is 125 Å². The maximum Gasteiger partial charge on any atom is 0.290 e. The summed E-state index contributed by atoms with van der Waals surface area (Å²) in [6.07, 6.45) is 3.58. The van der Waals surface area contributed by atoms with E-state index in [-0.39, 0.29) is 5.91 Å². The average molecular weight is 302 g/mol. The number of fused-ring (bicyclic) bond motifs is 2. The molecule has 7 heteroatoms. The van der Waals surface area contributed by atoms with Crippen LogP contribution in [0.3, 0.4) is 0 Å². The van der Waals surface area contributed by atoms with Crippen LogP contribution in [0.25, 0.3) is 11.0 Å². The Kier molecular flexibility index (Phi) is 2.71. The molecule has 106 valence electrons. The van der Waals surface area contributed by atoms with E-state index in [2.05, 4.69) is 19.5 Å². The Bertz CT molecular complexity index is 837. The maximum absolute atomic E-state index is 12.6. The number of para-hydroxylation sites is 1. The van der Waals surface area contributed by atoms with Crippen molar-refractivity contribution in [3.63, 3.8) is 0 Å². The highest BCUT2D eigenvalue weighted by atomic mass is 35.5. The number of amides is 1. The first kappa shape index (κ1) is 12.4. The summed E-state index contributed by atoms with van der Waals surface area (Å²) in [4.78, 5) is 25.8. The Balaban J connectivity index is 1.66. The molecular formula is C14H12ClN5O. The van der Waals surface area contributed by atoms with Crippen molar-refractivity contribution in [1.82, 2.24) is 24.4 Å². The van der Waals surface area contributed by atoms with Gasteiger partial charge in [-0.15, -0.1) is 0 Å². The second-order valence-electron chi connectivity index (χ2n) is 5.03. The molecule has 0 spiro atoms. The molecule has 3 heterocycles. The van der Waals surface area contributed by atoms with E-state index in [4.69, 9.17) is 11.6 Å². The van der Waals surface area contributed by atoms with E-state index in [1.165, 1.54) is 0 Å². The van der Waals surface area contributed by atoms with Crippen molar-refractivity contribution >= 4 is 28.5 Å². The number of carbonyl (C=O) groups is 1. The lowest BCUT2D eigenvalue weighted by atomic mass is 10.3. The number of aromatic amines is 1.